The third kappa shape index (κ3) is 6.90. The van der Waals surface area contributed by atoms with E-state index in [-0.39, 0.29) is 6.61 Å². The minimum absolute atomic E-state index is 0.198. The zero-order chi connectivity index (χ0) is 22.8. The molecule has 0 aromatic heterocycles. The van der Waals surface area contributed by atoms with Gasteiger partial charge in [-0.2, -0.15) is 0 Å². The molecule has 0 aliphatic carbocycles. The maximum Gasteiger partial charge on any atom is 0.161 e. The lowest BCUT2D eigenvalue weighted by molar-refractivity contribution is 0.0628. The fourth-order valence-electron chi connectivity index (χ4n) is 3.48. The number of aliphatic hydroxyl groups is 1. The number of benzene rings is 3. The van der Waals surface area contributed by atoms with Crippen molar-refractivity contribution in [2.75, 3.05) is 34.5 Å². The van der Waals surface area contributed by atoms with Crippen LogP contribution in [0.2, 0.25) is 0 Å². The molecule has 0 bridgehead atoms. The van der Waals surface area contributed by atoms with Gasteiger partial charge < -0.3 is 24.1 Å². The number of hydrogen-bond acceptors (Lipinski definition) is 6. The minimum atomic E-state index is -0.652. The first-order valence-corrected chi connectivity index (χ1v) is 10.5. The van der Waals surface area contributed by atoms with E-state index in [9.17, 15) is 5.11 Å². The standard InChI is InChI=1S/C26H31NO5/c1-29-23-10-12-24(13-11-23)32-19-22(28)18-27(16-20-7-5-4-6-8-20)17-21-9-14-25(30-2)26(15-21)31-3/h4-15,22,28H,16-19H2,1-3H3/t22-/m1/s1. The zero-order valence-electron chi connectivity index (χ0n) is 18.9. The topological polar surface area (TPSA) is 60.4 Å². The first-order chi connectivity index (χ1) is 15.6. The monoisotopic (exact) mass is 437 g/mol. The van der Waals surface area contributed by atoms with Crippen LogP contribution >= 0.6 is 0 Å². The maximum absolute atomic E-state index is 10.7. The highest BCUT2D eigenvalue weighted by atomic mass is 16.5. The Morgan fingerprint density at radius 2 is 1.38 bits per heavy atom. The molecule has 0 aliphatic heterocycles. The van der Waals surface area contributed by atoms with E-state index in [4.69, 9.17) is 18.9 Å². The second kappa shape index (κ2) is 12.0. The molecule has 3 aromatic rings. The van der Waals surface area contributed by atoms with E-state index in [2.05, 4.69) is 17.0 Å². The summed E-state index contributed by atoms with van der Waals surface area (Å²) in [5.74, 6) is 2.84. The van der Waals surface area contributed by atoms with Gasteiger partial charge in [-0.05, 0) is 47.5 Å². The molecule has 1 N–H and O–H groups in total. The van der Waals surface area contributed by atoms with Crippen LogP contribution in [0.3, 0.4) is 0 Å². The van der Waals surface area contributed by atoms with E-state index >= 15 is 0 Å². The normalized spacial score (nSPS) is 11.8. The fourth-order valence-corrected chi connectivity index (χ4v) is 3.48. The molecular weight excluding hydrogens is 406 g/mol. The Balaban J connectivity index is 1.66. The van der Waals surface area contributed by atoms with Gasteiger partial charge in [-0.3, -0.25) is 4.90 Å². The van der Waals surface area contributed by atoms with Gasteiger partial charge in [-0.25, -0.2) is 0 Å². The molecule has 0 saturated heterocycles. The van der Waals surface area contributed by atoms with Crippen molar-refractivity contribution in [3.05, 3.63) is 83.9 Å². The highest BCUT2D eigenvalue weighted by Gasteiger charge is 2.15. The zero-order valence-corrected chi connectivity index (χ0v) is 18.9. The summed E-state index contributed by atoms with van der Waals surface area (Å²) in [6.45, 7) is 2.01. The maximum atomic E-state index is 10.7. The number of nitrogens with zero attached hydrogens (tertiary/aromatic N) is 1. The molecule has 3 rings (SSSR count). The van der Waals surface area contributed by atoms with Crippen LogP contribution in [-0.2, 0) is 13.1 Å². The lowest BCUT2D eigenvalue weighted by Crippen LogP contribution is -2.35. The molecule has 0 unspecified atom stereocenters. The van der Waals surface area contributed by atoms with Crippen LogP contribution < -0.4 is 18.9 Å². The molecule has 3 aromatic carbocycles. The highest BCUT2D eigenvalue weighted by Crippen LogP contribution is 2.28. The molecule has 0 amide bonds. The minimum Gasteiger partial charge on any atom is -0.497 e. The van der Waals surface area contributed by atoms with Crippen molar-refractivity contribution in [1.29, 1.82) is 0 Å². The van der Waals surface area contributed by atoms with Crippen molar-refractivity contribution in [3.63, 3.8) is 0 Å². The van der Waals surface area contributed by atoms with Crippen molar-refractivity contribution in [2.24, 2.45) is 0 Å². The van der Waals surface area contributed by atoms with Gasteiger partial charge in [-0.15, -0.1) is 0 Å². The first kappa shape index (κ1) is 23.4. The van der Waals surface area contributed by atoms with Crippen LogP contribution in [0.4, 0.5) is 0 Å². The third-order valence-electron chi connectivity index (χ3n) is 5.07. The quantitative estimate of drug-likeness (QED) is 0.459. The Bertz CT molecular complexity index is 946. The molecule has 6 heteroatoms. The lowest BCUT2D eigenvalue weighted by Gasteiger charge is -2.26. The number of ether oxygens (including phenoxy) is 4. The van der Waals surface area contributed by atoms with Crippen molar-refractivity contribution < 1.29 is 24.1 Å². The molecule has 0 saturated carbocycles. The Morgan fingerprint density at radius 1 is 0.719 bits per heavy atom. The SMILES string of the molecule is COc1ccc(OC[C@H](O)CN(Cc2ccccc2)Cc2ccc(OC)c(OC)c2)cc1. The van der Waals surface area contributed by atoms with E-state index in [1.165, 1.54) is 5.56 Å². The van der Waals surface area contributed by atoms with Crippen molar-refractivity contribution in [1.82, 2.24) is 4.90 Å². The Hall–Kier alpha value is -3.22. The van der Waals surface area contributed by atoms with Gasteiger partial charge in [0.2, 0.25) is 0 Å². The van der Waals surface area contributed by atoms with Crippen LogP contribution in [0.1, 0.15) is 11.1 Å². The summed E-state index contributed by atoms with van der Waals surface area (Å²) in [5, 5.41) is 10.7. The number of rotatable bonds is 12. The van der Waals surface area contributed by atoms with Crippen LogP contribution in [0, 0.1) is 0 Å². The molecule has 6 nitrogen and oxygen atoms in total. The second-order valence-electron chi connectivity index (χ2n) is 7.48. The predicted molar refractivity (Wildman–Crippen MR) is 125 cm³/mol. The molecule has 170 valence electrons. The number of hydrogen-bond donors (Lipinski definition) is 1. The van der Waals surface area contributed by atoms with Crippen LogP contribution in [0.25, 0.3) is 0 Å². The molecule has 32 heavy (non-hydrogen) atoms. The smallest absolute Gasteiger partial charge is 0.161 e. The summed E-state index contributed by atoms with van der Waals surface area (Å²) in [5.41, 5.74) is 2.25. The van der Waals surface area contributed by atoms with Gasteiger partial charge in [0, 0.05) is 19.6 Å². The second-order valence-corrected chi connectivity index (χ2v) is 7.48. The Labute approximate surface area is 189 Å². The van der Waals surface area contributed by atoms with Gasteiger partial charge in [-0.1, -0.05) is 36.4 Å². The highest BCUT2D eigenvalue weighted by molar-refractivity contribution is 5.42. The van der Waals surface area contributed by atoms with E-state index in [1.54, 1.807) is 21.3 Å². The van der Waals surface area contributed by atoms with E-state index in [0.29, 0.717) is 36.9 Å². The molecule has 0 fully saturated rings. The van der Waals surface area contributed by atoms with Gasteiger partial charge >= 0.3 is 0 Å². The van der Waals surface area contributed by atoms with Gasteiger partial charge in [0.15, 0.2) is 11.5 Å². The predicted octanol–water partition coefficient (Wildman–Crippen LogP) is 4.15. The van der Waals surface area contributed by atoms with Gasteiger partial charge in [0.25, 0.3) is 0 Å². The summed E-state index contributed by atoms with van der Waals surface area (Å²) < 4.78 is 21.7. The largest absolute Gasteiger partial charge is 0.497 e. The molecular formula is C26H31NO5. The Kier molecular flexibility index (Phi) is 8.78. The van der Waals surface area contributed by atoms with Crippen LogP contribution in [0.5, 0.6) is 23.0 Å². The van der Waals surface area contributed by atoms with E-state index in [0.717, 1.165) is 11.3 Å². The summed E-state index contributed by atoms with van der Waals surface area (Å²) >= 11 is 0. The summed E-state index contributed by atoms with van der Waals surface area (Å²) in [6, 6.07) is 23.4. The first-order valence-electron chi connectivity index (χ1n) is 10.5. The summed E-state index contributed by atoms with van der Waals surface area (Å²) in [6.07, 6.45) is -0.652. The molecule has 0 heterocycles. The lowest BCUT2D eigenvalue weighted by atomic mass is 10.1. The molecule has 0 spiro atoms. The van der Waals surface area contributed by atoms with Crippen molar-refractivity contribution in [3.8, 4) is 23.0 Å². The van der Waals surface area contributed by atoms with Crippen molar-refractivity contribution in [2.45, 2.75) is 19.2 Å². The summed E-state index contributed by atoms with van der Waals surface area (Å²) in [7, 11) is 4.88. The number of aliphatic hydroxyl groups excluding tert-OH is 1. The fraction of sp³-hybridized carbons (Fsp3) is 0.308. The van der Waals surface area contributed by atoms with Crippen LogP contribution in [0.15, 0.2) is 72.8 Å². The number of methoxy groups -OCH3 is 3. The molecule has 1 atom stereocenters. The van der Waals surface area contributed by atoms with Crippen molar-refractivity contribution >= 4 is 0 Å². The Morgan fingerprint density at radius 3 is 2.03 bits per heavy atom. The average molecular weight is 438 g/mol. The van der Waals surface area contributed by atoms with E-state index < -0.39 is 6.10 Å². The average Bonchev–Trinajstić information content (AvgIpc) is 2.83. The van der Waals surface area contributed by atoms with E-state index in [1.807, 2.05) is 60.7 Å². The van der Waals surface area contributed by atoms with Crippen LogP contribution in [-0.4, -0.2) is 50.6 Å². The molecule has 0 aliphatic rings. The third-order valence-corrected chi connectivity index (χ3v) is 5.07. The van der Waals surface area contributed by atoms with Gasteiger partial charge in [0.05, 0.1) is 21.3 Å². The van der Waals surface area contributed by atoms with Gasteiger partial charge in [0.1, 0.15) is 24.2 Å². The summed E-state index contributed by atoms with van der Waals surface area (Å²) in [4.78, 5) is 2.19. The molecule has 0 radical (unpaired) electrons.